The highest BCUT2D eigenvalue weighted by Crippen LogP contribution is 2.44. The average molecular weight is 560 g/mol. The van der Waals surface area contributed by atoms with Gasteiger partial charge in [0.15, 0.2) is 0 Å². The maximum atomic E-state index is 15.1. The molecule has 11 heteroatoms. The van der Waals surface area contributed by atoms with Gasteiger partial charge in [-0.25, -0.2) is 9.18 Å². The molecular formula is C20H20ClFIN5O3. The second kappa shape index (κ2) is 8.30. The molecule has 3 N–H and O–H groups in total. The van der Waals surface area contributed by atoms with Gasteiger partial charge >= 0.3 is 6.09 Å². The Bertz CT molecular complexity index is 1180. The summed E-state index contributed by atoms with van der Waals surface area (Å²) in [6, 6.07) is 1.17. The fraction of sp³-hybridized carbons (Fsp3) is 0.350. The van der Waals surface area contributed by atoms with E-state index in [0.717, 1.165) is 14.6 Å². The summed E-state index contributed by atoms with van der Waals surface area (Å²) >= 11 is 8.39. The molecule has 1 aliphatic rings. The van der Waals surface area contributed by atoms with Gasteiger partial charge in [0.1, 0.15) is 15.3 Å². The Labute approximate surface area is 196 Å². The molecule has 1 aliphatic heterocycles. The van der Waals surface area contributed by atoms with Crippen LogP contribution in [0.4, 0.5) is 14.9 Å². The van der Waals surface area contributed by atoms with Crippen LogP contribution in [0, 0.1) is 9.52 Å². The van der Waals surface area contributed by atoms with Crippen LogP contribution in [0.5, 0.6) is 5.75 Å². The Balaban J connectivity index is 1.85. The summed E-state index contributed by atoms with van der Waals surface area (Å²) in [5, 5.41) is 14.5. The van der Waals surface area contributed by atoms with Crippen molar-refractivity contribution in [1.29, 1.82) is 0 Å². The molecule has 4 rings (SSSR count). The first kappa shape index (κ1) is 21.9. The van der Waals surface area contributed by atoms with Crippen molar-refractivity contribution in [3.8, 4) is 5.75 Å². The number of pyridine rings is 1. The molecule has 1 saturated heterocycles. The minimum Gasteiger partial charge on any atom is -0.493 e. The normalized spacial score (nSPS) is 15.2. The van der Waals surface area contributed by atoms with E-state index in [9.17, 15) is 4.79 Å². The number of amides is 1. The van der Waals surface area contributed by atoms with Crippen LogP contribution in [0.3, 0.4) is 0 Å². The SMILES string of the molecule is CCOc1c(C(C)n2nc(I)c3c(N)cncc32)cc(Cl)c(F)c1C1CN(C(=O)O)C1. The lowest BCUT2D eigenvalue weighted by Gasteiger charge is -2.38. The van der Waals surface area contributed by atoms with E-state index < -0.39 is 11.9 Å². The Hall–Kier alpha value is -2.34. The number of carbonyl (C=O) groups is 1. The van der Waals surface area contributed by atoms with Crippen molar-refractivity contribution in [1.82, 2.24) is 19.7 Å². The summed E-state index contributed by atoms with van der Waals surface area (Å²) in [5.41, 5.74) is 8.30. The third-order valence-corrected chi connectivity index (χ3v) is 6.54. The van der Waals surface area contributed by atoms with Gasteiger partial charge in [0.05, 0.1) is 46.7 Å². The first-order valence-electron chi connectivity index (χ1n) is 9.64. The van der Waals surface area contributed by atoms with Crippen molar-refractivity contribution in [3.05, 3.63) is 44.1 Å². The Morgan fingerprint density at radius 1 is 1.48 bits per heavy atom. The third kappa shape index (κ3) is 3.65. The van der Waals surface area contributed by atoms with Crippen molar-refractivity contribution in [2.75, 3.05) is 25.4 Å². The van der Waals surface area contributed by atoms with Gasteiger partial charge in [0.2, 0.25) is 0 Å². The number of fused-ring (bicyclic) bond motifs is 1. The average Bonchev–Trinajstić information content (AvgIpc) is 3.02. The van der Waals surface area contributed by atoms with Gasteiger partial charge in [0, 0.05) is 30.1 Å². The summed E-state index contributed by atoms with van der Waals surface area (Å²) in [5.74, 6) is -0.543. The number of hydrogen-bond acceptors (Lipinski definition) is 5. The molecular weight excluding hydrogens is 540 g/mol. The summed E-state index contributed by atoms with van der Waals surface area (Å²) in [6.45, 7) is 4.40. The van der Waals surface area contributed by atoms with Crippen LogP contribution in [0.2, 0.25) is 5.02 Å². The number of likely N-dealkylation sites (tertiary alicyclic amines) is 1. The van der Waals surface area contributed by atoms with Gasteiger partial charge in [-0.3, -0.25) is 9.67 Å². The molecule has 0 radical (unpaired) electrons. The van der Waals surface area contributed by atoms with Gasteiger partial charge < -0.3 is 20.5 Å². The van der Waals surface area contributed by atoms with Crippen LogP contribution < -0.4 is 10.5 Å². The molecule has 164 valence electrons. The zero-order chi connectivity index (χ0) is 22.4. The van der Waals surface area contributed by atoms with Crippen LogP contribution in [-0.2, 0) is 0 Å². The summed E-state index contributed by atoms with van der Waals surface area (Å²) in [4.78, 5) is 16.6. The first-order chi connectivity index (χ1) is 14.7. The molecule has 0 spiro atoms. The summed E-state index contributed by atoms with van der Waals surface area (Å²) < 4.78 is 23.5. The van der Waals surface area contributed by atoms with Crippen molar-refractivity contribution >= 4 is 56.9 Å². The van der Waals surface area contributed by atoms with E-state index >= 15 is 4.39 Å². The number of aromatic nitrogens is 3. The molecule has 3 aromatic rings. The van der Waals surface area contributed by atoms with E-state index in [2.05, 4.69) is 32.7 Å². The van der Waals surface area contributed by atoms with E-state index in [1.165, 1.54) is 4.90 Å². The molecule has 1 aromatic carbocycles. The smallest absolute Gasteiger partial charge is 0.407 e. The highest BCUT2D eigenvalue weighted by atomic mass is 127. The van der Waals surface area contributed by atoms with Gasteiger partial charge in [-0.2, -0.15) is 5.10 Å². The highest BCUT2D eigenvalue weighted by Gasteiger charge is 2.38. The summed E-state index contributed by atoms with van der Waals surface area (Å²) in [6.07, 6.45) is 2.22. The highest BCUT2D eigenvalue weighted by molar-refractivity contribution is 14.1. The third-order valence-electron chi connectivity index (χ3n) is 5.51. The molecule has 1 fully saturated rings. The van der Waals surface area contributed by atoms with E-state index in [4.69, 9.17) is 27.2 Å². The molecule has 3 heterocycles. The summed E-state index contributed by atoms with van der Waals surface area (Å²) in [7, 11) is 0. The number of ether oxygens (including phenoxy) is 1. The number of benzene rings is 1. The van der Waals surface area contributed by atoms with Crippen molar-refractivity contribution in [2.24, 2.45) is 0 Å². The Kier molecular flexibility index (Phi) is 5.86. The second-order valence-corrected chi connectivity index (χ2v) is 8.79. The molecule has 31 heavy (non-hydrogen) atoms. The van der Waals surface area contributed by atoms with Gasteiger partial charge in [-0.15, -0.1) is 0 Å². The molecule has 0 bridgehead atoms. The van der Waals surface area contributed by atoms with Crippen LogP contribution in [0.15, 0.2) is 18.5 Å². The van der Waals surface area contributed by atoms with Crippen LogP contribution in [0.25, 0.3) is 10.9 Å². The largest absolute Gasteiger partial charge is 0.493 e. The number of nitrogen functional groups attached to an aromatic ring is 1. The van der Waals surface area contributed by atoms with E-state index in [-0.39, 0.29) is 30.1 Å². The zero-order valence-corrected chi connectivity index (χ0v) is 19.7. The van der Waals surface area contributed by atoms with Crippen LogP contribution in [0.1, 0.15) is 36.9 Å². The monoisotopic (exact) mass is 559 g/mol. The van der Waals surface area contributed by atoms with E-state index in [1.54, 1.807) is 23.1 Å². The van der Waals surface area contributed by atoms with Crippen molar-refractivity contribution < 1.29 is 19.0 Å². The molecule has 1 amide bonds. The minimum absolute atomic E-state index is 0.0436. The van der Waals surface area contributed by atoms with Crippen molar-refractivity contribution in [3.63, 3.8) is 0 Å². The molecule has 2 aromatic heterocycles. The Morgan fingerprint density at radius 2 is 2.19 bits per heavy atom. The molecule has 0 saturated carbocycles. The molecule has 1 unspecified atom stereocenters. The van der Waals surface area contributed by atoms with Gasteiger partial charge in [-0.1, -0.05) is 11.6 Å². The standard InChI is InChI=1S/C20H20ClFIN5O3/c1-3-31-18-11(4-12(21)17(22)15(18)10-7-27(8-10)20(29)30)9(2)28-14-6-25-5-13(24)16(14)19(23)26-28/h4-6,9-10H,3,7-8,24H2,1-2H3,(H,29,30). The molecule has 0 aliphatic carbocycles. The Morgan fingerprint density at radius 3 is 2.84 bits per heavy atom. The number of halogens is 3. The molecule has 1 atom stereocenters. The predicted octanol–water partition coefficient (Wildman–Crippen LogP) is 4.50. The number of carboxylic acid groups (broad SMARTS) is 1. The van der Waals surface area contributed by atoms with E-state index in [1.807, 2.05) is 13.8 Å². The topological polar surface area (TPSA) is 107 Å². The lowest BCUT2D eigenvalue weighted by Crippen LogP contribution is -2.48. The zero-order valence-electron chi connectivity index (χ0n) is 16.8. The fourth-order valence-electron chi connectivity index (χ4n) is 3.94. The van der Waals surface area contributed by atoms with Gasteiger partial charge in [0.25, 0.3) is 0 Å². The molecule has 8 nitrogen and oxygen atoms in total. The predicted molar refractivity (Wildman–Crippen MR) is 123 cm³/mol. The lowest BCUT2D eigenvalue weighted by molar-refractivity contribution is 0.103. The number of rotatable bonds is 5. The fourth-order valence-corrected chi connectivity index (χ4v) is 4.98. The number of anilines is 1. The quantitative estimate of drug-likeness (QED) is 0.446. The second-order valence-electron chi connectivity index (χ2n) is 7.36. The number of nitrogens with two attached hydrogens (primary N) is 1. The van der Waals surface area contributed by atoms with Crippen molar-refractivity contribution in [2.45, 2.75) is 25.8 Å². The maximum Gasteiger partial charge on any atom is 0.407 e. The number of hydrogen-bond donors (Lipinski definition) is 2. The van der Waals surface area contributed by atoms with E-state index in [0.29, 0.717) is 29.2 Å². The van der Waals surface area contributed by atoms with Gasteiger partial charge in [-0.05, 0) is 42.5 Å². The van der Waals surface area contributed by atoms with Crippen LogP contribution in [-0.4, -0.2) is 50.6 Å². The minimum atomic E-state index is -1.03. The van der Waals surface area contributed by atoms with Crippen LogP contribution >= 0.6 is 34.2 Å². The maximum absolute atomic E-state index is 15.1. The first-order valence-corrected chi connectivity index (χ1v) is 11.1. The number of nitrogens with zero attached hydrogens (tertiary/aromatic N) is 4. The lowest BCUT2D eigenvalue weighted by atomic mass is 9.88.